The minimum atomic E-state index is -1.08. The van der Waals surface area contributed by atoms with Gasteiger partial charge in [0.2, 0.25) is 6.41 Å². The molecule has 0 bridgehead atoms. The number of benzene rings is 1. The van der Waals surface area contributed by atoms with Gasteiger partial charge in [-0.25, -0.2) is 9.18 Å². The fraction of sp³-hybridized carbons (Fsp3) is 0.333. The highest BCUT2D eigenvalue weighted by atomic mass is 32.2. The molecule has 0 saturated carbocycles. The molecular formula is C12H14FNO3S. The Hall–Kier alpha value is -1.56. The Bertz CT molecular complexity index is 439. The summed E-state index contributed by atoms with van der Waals surface area (Å²) < 4.78 is 13.0. The van der Waals surface area contributed by atoms with Crippen molar-refractivity contribution in [1.82, 2.24) is 5.32 Å². The Morgan fingerprint density at radius 3 is 2.94 bits per heavy atom. The summed E-state index contributed by atoms with van der Waals surface area (Å²) in [4.78, 5) is 21.0. The fourth-order valence-corrected chi connectivity index (χ4v) is 2.48. The minimum Gasteiger partial charge on any atom is -0.480 e. The average molecular weight is 271 g/mol. The second kappa shape index (κ2) is 7.00. The molecule has 0 aliphatic rings. The van der Waals surface area contributed by atoms with Crippen molar-refractivity contribution in [2.45, 2.75) is 18.7 Å². The molecule has 0 aliphatic carbocycles. The number of carboxylic acid groups (broad SMARTS) is 1. The Labute approximate surface area is 109 Å². The standard InChI is InChI=1S/C12H14FNO3S/c1-8-2-3-10(13)4-9(8)5-18-6-11(12(16)17)14-7-15/h2-4,7,11H,5-6H2,1H3,(H,14,15)(H,16,17). The molecule has 1 atom stereocenters. The maximum Gasteiger partial charge on any atom is 0.327 e. The SMILES string of the molecule is Cc1ccc(F)cc1CSCC(NC=O)C(=O)O. The van der Waals surface area contributed by atoms with Crippen molar-refractivity contribution in [2.24, 2.45) is 0 Å². The molecule has 0 fully saturated rings. The lowest BCUT2D eigenvalue weighted by atomic mass is 10.1. The summed E-state index contributed by atoms with van der Waals surface area (Å²) in [5, 5.41) is 11.0. The molecule has 1 aromatic rings. The molecule has 4 nitrogen and oxygen atoms in total. The zero-order valence-corrected chi connectivity index (χ0v) is 10.7. The van der Waals surface area contributed by atoms with Gasteiger partial charge < -0.3 is 10.4 Å². The first kappa shape index (κ1) is 14.5. The topological polar surface area (TPSA) is 66.4 Å². The van der Waals surface area contributed by atoms with Gasteiger partial charge >= 0.3 is 5.97 Å². The normalized spacial score (nSPS) is 11.9. The highest BCUT2D eigenvalue weighted by Crippen LogP contribution is 2.18. The van der Waals surface area contributed by atoms with Gasteiger partial charge in [-0.3, -0.25) is 4.79 Å². The number of carboxylic acids is 1. The monoisotopic (exact) mass is 271 g/mol. The highest BCUT2D eigenvalue weighted by Gasteiger charge is 2.16. The van der Waals surface area contributed by atoms with E-state index in [0.29, 0.717) is 12.2 Å². The van der Waals surface area contributed by atoms with Gasteiger partial charge in [0.15, 0.2) is 0 Å². The maximum atomic E-state index is 13.0. The summed E-state index contributed by atoms with van der Waals surface area (Å²) in [6, 6.07) is 3.59. The van der Waals surface area contributed by atoms with E-state index < -0.39 is 12.0 Å². The third-order valence-electron chi connectivity index (χ3n) is 2.42. The largest absolute Gasteiger partial charge is 0.480 e. The number of aryl methyl sites for hydroxylation is 1. The van der Waals surface area contributed by atoms with Crippen LogP contribution in [0.25, 0.3) is 0 Å². The first-order chi connectivity index (χ1) is 8.54. The van der Waals surface area contributed by atoms with E-state index in [0.717, 1.165) is 11.1 Å². The van der Waals surface area contributed by atoms with Crippen molar-refractivity contribution in [1.29, 1.82) is 0 Å². The first-order valence-corrected chi connectivity index (χ1v) is 6.45. The number of amides is 1. The molecule has 2 N–H and O–H groups in total. The van der Waals surface area contributed by atoms with Crippen LogP contribution < -0.4 is 5.32 Å². The molecule has 1 rings (SSSR count). The highest BCUT2D eigenvalue weighted by molar-refractivity contribution is 7.98. The van der Waals surface area contributed by atoms with Crippen LogP contribution in [0.1, 0.15) is 11.1 Å². The number of aliphatic carboxylic acids is 1. The molecule has 0 heterocycles. The van der Waals surface area contributed by atoms with Crippen LogP contribution in [0, 0.1) is 12.7 Å². The number of hydrogen-bond acceptors (Lipinski definition) is 3. The number of thioether (sulfide) groups is 1. The summed E-state index contributed by atoms with van der Waals surface area (Å²) in [5.74, 6) is -0.639. The Balaban J connectivity index is 2.52. The second-order valence-corrected chi connectivity index (χ2v) is 4.79. The Morgan fingerprint density at radius 1 is 1.61 bits per heavy atom. The summed E-state index contributed by atoms with van der Waals surface area (Å²) in [6.45, 7) is 1.87. The molecule has 0 spiro atoms. The van der Waals surface area contributed by atoms with Gasteiger partial charge in [-0.05, 0) is 30.2 Å². The molecule has 1 unspecified atom stereocenters. The number of nitrogens with one attached hydrogen (secondary N) is 1. The zero-order valence-electron chi connectivity index (χ0n) is 9.85. The number of rotatable bonds is 7. The lowest BCUT2D eigenvalue weighted by Crippen LogP contribution is -2.37. The third kappa shape index (κ3) is 4.37. The van der Waals surface area contributed by atoms with Gasteiger partial charge in [0, 0.05) is 11.5 Å². The van der Waals surface area contributed by atoms with Gasteiger partial charge in [-0.1, -0.05) is 6.07 Å². The van der Waals surface area contributed by atoms with E-state index in [4.69, 9.17) is 5.11 Å². The van der Waals surface area contributed by atoms with E-state index in [1.165, 1.54) is 23.9 Å². The predicted octanol–water partition coefficient (Wildman–Crippen LogP) is 1.57. The molecule has 1 amide bonds. The Kier molecular flexibility index (Phi) is 5.64. The van der Waals surface area contributed by atoms with Crippen LogP contribution >= 0.6 is 11.8 Å². The number of carbonyl (C=O) groups is 2. The van der Waals surface area contributed by atoms with Crippen LogP contribution in [-0.2, 0) is 15.3 Å². The molecule has 18 heavy (non-hydrogen) atoms. The van der Waals surface area contributed by atoms with Crippen molar-refractivity contribution in [3.8, 4) is 0 Å². The van der Waals surface area contributed by atoms with E-state index in [1.807, 2.05) is 6.92 Å². The summed E-state index contributed by atoms with van der Waals surface area (Å²) in [7, 11) is 0. The average Bonchev–Trinajstić information content (AvgIpc) is 2.32. The smallest absolute Gasteiger partial charge is 0.327 e. The van der Waals surface area contributed by atoms with Gasteiger partial charge in [0.05, 0.1) is 0 Å². The van der Waals surface area contributed by atoms with Crippen molar-refractivity contribution in [3.63, 3.8) is 0 Å². The fourth-order valence-electron chi connectivity index (χ4n) is 1.36. The van der Waals surface area contributed by atoms with E-state index in [2.05, 4.69) is 5.32 Å². The number of carbonyl (C=O) groups excluding carboxylic acids is 1. The summed E-state index contributed by atoms with van der Waals surface area (Å²) in [5.41, 5.74) is 1.79. The van der Waals surface area contributed by atoms with E-state index in [1.54, 1.807) is 6.07 Å². The number of halogens is 1. The summed E-state index contributed by atoms with van der Waals surface area (Å²) in [6.07, 6.45) is 0.368. The molecular weight excluding hydrogens is 257 g/mol. The van der Waals surface area contributed by atoms with E-state index in [-0.39, 0.29) is 11.6 Å². The van der Waals surface area contributed by atoms with E-state index in [9.17, 15) is 14.0 Å². The van der Waals surface area contributed by atoms with Crippen LogP contribution in [0.4, 0.5) is 4.39 Å². The zero-order chi connectivity index (χ0) is 13.5. The first-order valence-electron chi connectivity index (χ1n) is 5.30. The molecule has 0 saturated heterocycles. The number of hydrogen-bond donors (Lipinski definition) is 2. The molecule has 1 aromatic carbocycles. The third-order valence-corrected chi connectivity index (χ3v) is 3.50. The van der Waals surface area contributed by atoms with Gasteiger partial charge in [0.1, 0.15) is 11.9 Å². The summed E-state index contributed by atoms with van der Waals surface area (Å²) >= 11 is 1.34. The lowest BCUT2D eigenvalue weighted by molar-refractivity contribution is -0.139. The molecule has 0 aromatic heterocycles. The van der Waals surface area contributed by atoms with Crippen molar-refractivity contribution in [2.75, 3.05) is 5.75 Å². The molecule has 6 heteroatoms. The van der Waals surface area contributed by atoms with Crippen molar-refractivity contribution in [3.05, 3.63) is 35.1 Å². The van der Waals surface area contributed by atoms with Gasteiger partial charge in [-0.2, -0.15) is 11.8 Å². The minimum absolute atomic E-state index is 0.240. The van der Waals surface area contributed by atoms with Crippen LogP contribution in [0.15, 0.2) is 18.2 Å². The van der Waals surface area contributed by atoms with Gasteiger partial charge in [-0.15, -0.1) is 0 Å². The van der Waals surface area contributed by atoms with Gasteiger partial charge in [0.25, 0.3) is 0 Å². The van der Waals surface area contributed by atoms with Crippen LogP contribution in [0.2, 0.25) is 0 Å². The van der Waals surface area contributed by atoms with Crippen LogP contribution in [0.5, 0.6) is 0 Å². The predicted molar refractivity (Wildman–Crippen MR) is 67.9 cm³/mol. The van der Waals surface area contributed by atoms with Crippen LogP contribution in [-0.4, -0.2) is 29.3 Å². The van der Waals surface area contributed by atoms with E-state index >= 15 is 0 Å². The molecule has 0 aliphatic heterocycles. The van der Waals surface area contributed by atoms with Crippen molar-refractivity contribution >= 4 is 24.1 Å². The molecule has 98 valence electrons. The van der Waals surface area contributed by atoms with Crippen LogP contribution in [0.3, 0.4) is 0 Å². The lowest BCUT2D eigenvalue weighted by Gasteiger charge is -2.11. The van der Waals surface area contributed by atoms with Crippen molar-refractivity contribution < 1.29 is 19.1 Å². The molecule has 0 radical (unpaired) electrons. The Morgan fingerprint density at radius 2 is 2.33 bits per heavy atom. The quantitative estimate of drug-likeness (QED) is 0.739. The maximum absolute atomic E-state index is 13.0. The second-order valence-electron chi connectivity index (χ2n) is 3.76.